The van der Waals surface area contributed by atoms with Gasteiger partial charge in [-0.1, -0.05) is 36.4 Å². The van der Waals surface area contributed by atoms with E-state index in [1.54, 1.807) is 13.0 Å². The molecule has 2 aromatic rings. The van der Waals surface area contributed by atoms with Gasteiger partial charge in [0, 0.05) is 6.04 Å². The van der Waals surface area contributed by atoms with Crippen LogP contribution in [0.1, 0.15) is 34.8 Å². The zero-order chi connectivity index (χ0) is 18.2. The number of carbonyl (C=O) groups excluding carboxylic acids is 2. The minimum Gasteiger partial charge on any atom is -0.507 e. The molecule has 1 unspecified atom stereocenters. The van der Waals surface area contributed by atoms with Crippen LogP contribution in [0, 0.1) is 6.92 Å². The van der Waals surface area contributed by atoms with Crippen LogP contribution in [0.15, 0.2) is 48.5 Å². The molecule has 0 aliphatic rings. The number of carbonyl (C=O) groups is 2. The summed E-state index contributed by atoms with van der Waals surface area (Å²) < 4.78 is 4.96. The molecule has 0 aliphatic carbocycles. The Balaban J connectivity index is 1.75. The van der Waals surface area contributed by atoms with Gasteiger partial charge in [0.1, 0.15) is 11.3 Å². The Kier molecular flexibility index (Phi) is 6.57. The van der Waals surface area contributed by atoms with Crippen LogP contribution < -0.4 is 5.32 Å². The largest absolute Gasteiger partial charge is 0.507 e. The molecule has 2 aromatic carbocycles. The second-order valence-electron chi connectivity index (χ2n) is 6.09. The maximum Gasteiger partial charge on any atom is 0.342 e. The number of aromatic hydroxyl groups is 1. The third-order valence-electron chi connectivity index (χ3n) is 3.82. The minimum atomic E-state index is -0.718. The molecule has 0 bridgehead atoms. The van der Waals surface area contributed by atoms with Crippen LogP contribution in [-0.2, 0) is 16.0 Å². The summed E-state index contributed by atoms with van der Waals surface area (Å²) >= 11 is 0. The summed E-state index contributed by atoms with van der Waals surface area (Å²) in [5, 5.41) is 12.6. The Labute approximate surface area is 147 Å². The summed E-state index contributed by atoms with van der Waals surface area (Å²) in [6, 6.07) is 14.7. The fraction of sp³-hybridized carbons (Fsp3) is 0.300. The lowest BCUT2D eigenvalue weighted by Gasteiger charge is -2.14. The number of benzene rings is 2. The molecule has 5 heteroatoms. The number of nitrogens with one attached hydrogen (secondary N) is 1. The number of hydrogen-bond acceptors (Lipinski definition) is 4. The van der Waals surface area contributed by atoms with E-state index in [0.717, 1.165) is 18.4 Å². The average molecular weight is 341 g/mol. The van der Waals surface area contributed by atoms with E-state index >= 15 is 0 Å². The SMILES string of the molecule is Cc1ccc(C(=O)OCC(=O)NC(C)CCc2ccccc2)c(O)c1. The van der Waals surface area contributed by atoms with Crippen molar-refractivity contribution in [2.24, 2.45) is 0 Å². The Morgan fingerprint density at radius 2 is 1.88 bits per heavy atom. The van der Waals surface area contributed by atoms with Gasteiger partial charge in [0.25, 0.3) is 5.91 Å². The van der Waals surface area contributed by atoms with E-state index in [1.807, 2.05) is 37.3 Å². The molecule has 0 radical (unpaired) electrons. The van der Waals surface area contributed by atoms with Crippen LogP contribution in [0.5, 0.6) is 5.75 Å². The number of hydrogen-bond donors (Lipinski definition) is 2. The maximum absolute atomic E-state index is 11.9. The summed E-state index contributed by atoms with van der Waals surface area (Å²) in [7, 11) is 0. The summed E-state index contributed by atoms with van der Waals surface area (Å²) in [4.78, 5) is 23.8. The highest BCUT2D eigenvalue weighted by molar-refractivity contribution is 5.93. The highest BCUT2D eigenvalue weighted by atomic mass is 16.5. The van der Waals surface area contributed by atoms with Crippen LogP contribution in [-0.4, -0.2) is 29.6 Å². The number of ether oxygens (including phenoxy) is 1. The molecule has 0 aliphatic heterocycles. The van der Waals surface area contributed by atoms with Crippen molar-refractivity contribution in [1.29, 1.82) is 0 Å². The van der Waals surface area contributed by atoms with Gasteiger partial charge in [0.2, 0.25) is 0 Å². The summed E-state index contributed by atoms with van der Waals surface area (Å²) in [5.74, 6) is -1.23. The molecule has 1 amide bonds. The van der Waals surface area contributed by atoms with Gasteiger partial charge in [-0.3, -0.25) is 4.79 Å². The first kappa shape index (κ1) is 18.5. The van der Waals surface area contributed by atoms with Crippen LogP contribution in [0.25, 0.3) is 0 Å². The van der Waals surface area contributed by atoms with Gasteiger partial charge < -0.3 is 15.2 Å². The lowest BCUT2D eigenvalue weighted by molar-refractivity contribution is -0.124. The van der Waals surface area contributed by atoms with E-state index in [-0.39, 0.29) is 29.9 Å². The molecule has 1 atom stereocenters. The van der Waals surface area contributed by atoms with Crippen molar-refractivity contribution in [1.82, 2.24) is 5.32 Å². The fourth-order valence-corrected chi connectivity index (χ4v) is 2.44. The molecule has 0 saturated carbocycles. The maximum atomic E-state index is 11.9. The summed E-state index contributed by atoms with van der Waals surface area (Å²) in [6.07, 6.45) is 1.65. The minimum absolute atomic E-state index is 0.0285. The van der Waals surface area contributed by atoms with E-state index in [0.29, 0.717) is 0 Å². The third-order valence-corrected chi connectivity index (χ3v) is 3.82. The molecule has 2 N–H and O–H groups in total. The van der Waals surface area contributed by atoms with Crippen LogP contribution >= 0.6 is 0 Å². The number of phenols is 1. The van der Waals surface area contributed by atoms with E-state index < -0.39 is 5.97 Å². The van der Waals surface area contributed by atoms with Crippen LogP contribution in [0.2, 0.25) is 0 Å². The van der Waals surface area contributed by atoms with Gasteiger partial charge in [-0.25, -0.2) is 4.79 Å². The molecule has 0 spiro atoms. The molecule has 25 heavy (non-hydrogen) atoms. The summed E-state index contributed by atoms with van der Waals surface area (Å²) in [5.41, 5.74) is 2.10. The lowest BCUT2D eigenvalue weighted by Crippen LogP contribution is -2.36. The monoisotopic (exact) mass is 341 g/mol. The van der Waals surface area contributed by atoms with Crippen LogP contribution in [0.3, 0.4) is 0 Å². The second-order valence-corrected chi connectivity index (χ2v) is 6.09. The van der Waals surface area contributed by atoms with Crippen molar-refractivity contribution in [2.45, 2.75) is 32.7 Å². The number of amides is 1. The number of phenolic OH excluding ortho intramolecular Hbond substituents is 1. The van der Waals surface area contributed by atoms with Crippen molar-refractivity contribution in [3.63, 3.8) is 0 Å². The molecule has 0 heterocycles. The standard InChI is InChI=1S/C20H23NO4/c1-14-8-11-17(18(22)12-14)20(24)25-13-19(23)21-15(2)9-10-16-6-4-3-5-7-16/h3-8,11-12,15,22H,9-10,13H2,1-2H3,(H,21,23). The van der Waals surface area contributed by atoms with Gasteiger partial charge in [-0.05, 0) is 49.9 Å². The molecule has 5 nitrogen and oxygen atoms in total. The predicted octanol–water partition coefficient (Wildman–Crippen LogP) is 2.99. The van der Waals surface area contributed by atoms with Gasteiger partial charge in [0.15, 0.2) is 6.61 Å². The van der Waals surface area contributed by atoms with Gasteiger partial charge in [0.05, 0.1) is 0 Å². The summed E-state index contributed by atoms with van der Waals surface area (Å²) in [6.45, 7) is 3.34. The van der Waals surface area contributed by atoms with Crippen molar-refractivity contribution in [3.8, 4) is 5.75 Å². The average Bonchev–Trinajstić information content (AvgIpc) is 2.59. The molecule has 0 aromatic heterocycles. The lowest BCUT2D eigenvalue weighted by atomic mass is 10.1. The molecular weight excluding hydrogens is 318 g/mol. The topological polar surface area (TPSA) is 75.6 Å². The quantitative estimate of drug-likeness (QED) is 0.759. The van der Waals surface area contributed by atoms with Crippen molar-refractivity contribution >= 4 is 11.9 Å². The van der Waals surface area contributed by atoms with Crippen molar-refractivity contribution in [3.05, 3.63) is 65.2 Å². The Morgan fingerprint density at radius 3 is 2.56 bits per heavy atom. The first-order valence-electron chi connectivity index (χ1n) is 8.25. The predicted molar refractivity (Wildman–Crippen MR) is 95.5 cm³/mol. The molecular formula is C20H23NO4. The van der Waals surface area contributed by atoms with Crippen molar-refractivity contribution < 1.29 is 19.4 Å². The molecule has 132 valence electrons. The smallest absolute Gasteiger partial charge is 0.342 e. The van der Waals surface area contributed by atoms with Gasteiger partial charge in [-0.15, -0.1) is 0 Å². The number of rotatable bonds is 7. The van der Waals surface area contributed by atoms with Gasteiger partial charge >= 0.3 is 5.97 Å². The molecule has 0 fully saturated rings. The first-order valence-corrected chi connectivity index (χ1v) is 8.25. The first-order chi connectivity index (χ1) is 12.0. The number of aryl methyl sites for hydroxylation is 2. The number of esters is 1. The zero-order valence-corrected chi connectivity index (χ0v) is 14.5. The Morgan fingerprint density at radius 1 is 1.16 bits per heavy atom. The highest BCUT2D eigenvalue weighted by Gasteiger charge is 2.15. The van der Waals surface area contributed by atoms with E-state index in [9.17, 15) is 14.7 Å². The van der Waals surface area contributed by atoms with E-state index in [1.165, 1.54) is 17.7 Å². The normalized spacial score (nSPS) is 11.6. The molecule has 0 saturated heterocycles. The Hall–Kier alpha value is -2.82. The zero-order valence-electron chi connectivity index (χ0n) is 14.5. The van der Waals surface area contributed by atoms with E-state index in [4.69, 9.17) is 4.74 Å². The third kappa shape index (κ3) is 5.95. The fourth-order valence-electron chi connectivity index (χ4n) is 2.44. The van der Waals surface area contributed by atoms with Crippen LogP contribution in [0.4, 0.5) is 0 Å². The highest BCUT2D eigenvalue weighted by Crippen LogP contribution is 2.19. The molecule has 2 rings (SSSR count). The van der Waals surface area contributed by atoms with Crippen molar-refractivity contribution in [2.75, 3.05) is 6.61 Å². The van der Waals surface area contributed by atoms with Gasteiger partial charge in [-0.2, -0.15) is 0 Å². The van der Waals surface area contributed by atoms with E-state index in [2.05, 4.69) is 5.32 Å². The second kappa shape index (κ2) is 8.87. The Bertz CT molecular complexity index is 728.